The summed E-state index contributed by atoms with van der Waals surface area (Å²) in [6.07, 6.45) is 0. The monoisotopic (exact) mass is 464 g/mol. The van der Waals surface area contributed by atoms with E-state index in [1.807, 2.05) is 30.3 Å². The van der Waals surface area contributed by atoms with Crippen molar-refractivity contribution in [2.75, 3.05) is 37.8 Å². The minimum Gasteiger partial charge on any atom is -0.497 e. The minimum atomic E-state index is -0.812. The SMILES string of the molecule is COc1ccc([C@]23c4ccccc4N(C)[C@@]2(c2ccc(OC)cc2)OCN3c2ccccc2)cc1. The fourth-order valence-corrected chi connectivity index (χ4v) is 5.97. The van der Waals surface area contributed by atoms with Gasteiger partial charge in [0.05, 0.1) is 14.2 Å². The topological polar surface area (TPSA) is 34.2 Å². The average molecular weight is 465 g/mol. The molecule has 5 heteroatoms. The van der Waals surface area contributed by atoms with E-state index >= 15 is 0 Å². The molecular weight excluding hydrogens is 436 g/mol. The molecule has 2 heterocycles. The molecule has 2 aliphatic rings. The molecule has 1 saturated heterocycles. The van der Waals surface area contributed by atoms with Crippen molar-refractivity contribution >= 4 is 11.4 Å². The summed E-state index contributed by atoms with van der Waals surface area (Å²) in [6.45, 7) is 0.431. The molecule has 176 valence electrons. The van der Waals surface area contributed by atoms with Gasteiger partial charge >= 0.3 is 0 Å². The summed E-state index contributed by atoms with van der Waals surface area (Å²) >= 11 is 0. The lowest BCUT2D eigenvalue weighted by atomic mass is 9.73. The number of hydrogen-bond acceptors (Lipinski definition) is 5. The highest BCUT2D eigenvalue weighted by Gasteiger charge is 2.70. The molecule has 1 fully saturated rings. The number of ether oxygens (including phenoxy) is 3. The average Bonchev–Trinajstić information content (AvgIpc) is 3.40. The van der Waals surface area contributed by atoms with Gasteiger partial charge in [-0.25, -0.2) is 0 Å². The number of benzene rings is 4. The number of hydrogen-bond donors (Lipinski definition) is 0. The second kappa shape index (κ2) is 8.07. The highest BCUT2D eigenvalue weighted by Crippen LogP contribution is 2.65. The summed E-state index contributed by atoms with van der Waals surface area (Å²) in [6, 6.07) is 35.8. The molecule has 0 bridgehead atoms. The van der Waals surface area contributed by atoms with Gasteiger partial charge in [-0.05, 0) is 48.0 Å². The first-order valence-corrected chi connectivity index (χ1v) is 11.8. The Hall–Kier alpha value is -3.96. The van der Waals surface area contributed by atoms with E-state index in [4.69, 9.17) is 14.2 Å². The molecule has 0 aliphatic carbocycles. The van der Waals surface area contributed by atoms with Crippen molar-refractivity contribution < 1.29 is 14.2 Å². The van der Waals surface area contributed by atoms with Crippen LogP contribution in [0.25, 0.3) is 0 Å². The predicted molar refractivity (Wildman–Crippen MR) is 138 cm³/mol. The van der Waals surface area contributed by atoms with Crippen LogP contribution in [0, 0.1) is 0 Å². The highest BCUT2D eigenvalue weighted by molar-refractivity contribution is 5.76. The Morgan fingerprint density at radius 1 is 0.686 bits per heavy atom. The number of likely N-dealkylation sites (N-methyl/N-ethyl adjacent to an activating group) is 1. The molecule has 6 rings (SSSR count). The number of anilines is 2. The van der Waals surface area contributed by atoms with E-state index in [1.54, 1.807) is 14.2 Å². The van der Waals surface area contributed by atoms with Gasteiger partial charge in [0.2, 0.25) is 5.72 Å². The van der Waals surface area contributed by atoms with Crippen molar-refractivity contribution in [1.29, 1.82) is 0 Å². The van der Waals surface area contributed by atoms with Gasteiger partial charge in [-0.1, -0.05) is 60.7 Å². The molecule has 0 N–H and O–H groups in total. The smallest absolute Gasteiger partial charge is 0.201 e. The van der Waals surface area contributed by atoms with Gasteiger partial charge in [-0.3, -0.25) is 0 Å². The fraction of sp³-hybridized carbons (Fsp3) is 0.200. The summed E-state index contributed by atoms with van der Waals surface area (Å²) in [5, 5.41) is 0. The number of methoxy groups -OCH3 is 2. The van der Waals surface area contributed by atoms with Crippen LogP contribution in [0.1, 0.15) is 16.7 Å². The molecular formula is C30H28N2O3. The van der Waals surface area contributed by atoms with Crippen LogP contribution in [-0.2, 0) is 16.0 Å². The van der Waals surface area contributed by atoms with Crippen molar-refractivity contribution in [3.8, 4) is 11.5 Å². The molecule has 0 amide bonds. The van der Waals surface area contributed by atoms with Crippen molar-refractivity contribution in [2.24, 2.45) is 0 Å². The quantitative estimate of drug-likeness (QED) is 0.376. The molecule has 0 saturated carbocycles. The lowest BCUT2D eigenvalue weighted by Crippen LogP contribution is -2.57. The Morgan fingerprint density at radius 3 is 1.89 bits per heavy atom. The molecule has 2 aliphatic heterocycles. The van der Waals surface area contributed by atoms with Crippen LogP contribution in [-0.4, -0.2) is 28.0 Å². The maximum Gasteiger partial charge on any atom is 0.201 e. The molecule has 5 nitrogen and oxygen atoms in total. The number of fused-ring (bicyclic) bond motifs is 3. The normalized spacial score (nSPS) is 22.6. The first kappa shape index (κ1) is 21.6. The Bertz CT molecular complexity index is 1340. The van der Waals surface area contributed by atoms with Crippen LogP contribution >= 0.6 is 0 Å². The zero-order chi connectivity index (χ0) is 24.0. The Labute approximate surface area is 206 Å². The van der Waals surface area contributed by atoms with E-state index in [0.717, 1.165) is 34.0 Å². The summed E-state index contributed by atoms with van der Waals surface area (Å²) in [7, 11) is 5.51. The lowest BCUT2D eigenvalue weighted by Gasteiger charge is -2.47. The predicted octanol–water partition coefficient (Wildman–Crippen LogP) is 5.74. The standard InChI is InChI=1S/C30H28N2O3/c1-31-28-12-8-7-11-27(28)29(22-13-17-25(33-2)18-14-22)30(31,23-15-19-26(34-3)20-16-23)35-21-32(29)24-9-5-4-6-10-24/h4-20H,21H2,1-3H3/t29-,30-/m0/s1. The van der Waals surface area contributed by atoms with E-state index in [2.05, 4.69) is 89.6 Å². The molecule has 0 aromatic heterocycles. The van der Waals surface area contributed by atoms with Crippen LogP contribution < -0.4 is 19.3 Å². The van der Waals surface area contributed by atoms with Crippen molar-refractivity contribution in [1.82, 2.24) is 0 Å². The summed E-state index contributed by atoms with van der Waals surface area (Å²) in [5.41, 5.74) is 4.17. The Kier molecular flexibility index (Phi) is 4.97. The summed E-state index contributed by atoms with van der Waals surface area (Å²) in [5.74, 6) is 1.64. The molecule has 35 heavy (non-hydrogen) atoms. The minimum absolute atomic E-state index is 0.431. The number of nitrogens with zero attached hydrogens (tertiary/aromatic N) is 2. The van der Waals surface area contributed by atoms with Gasteiger partial charge in [0.1, 0.15) is 23.8 Å². The zero-order valence-electron chi connectivity index (χ0n) is 20.1. The third kappa shape index (κ3) is 2.79. The molecule has 4 aromatic rings. The van der Waals surface area contributed by atoms with Gasteiger partial charge in [-0.15, -0.1) is 0 Å². The largest absolute Gasteiger partial charge is 0.497 e. The number of para-hydroxylation sites is 2. The molecule has 0 unspecified atom stereocenters. The third-order valence-corrected chi connectivity index (χ3v) is 7.48. The van der Waals surface area contributed by atoms with Crippen molar-refractivity contribution in [3.05, 3.63) is 120 Å². The Balaban J connectivity index is 1.71. The second-order valence-corrected chi connectivity index (χ2v) is 8.92. The molecule has 2 atom stereocenters. The van der Waals surface area contributed by atoms with E-state index in [-0.39, 0.29) is 0 Å². The molecule has 4 aromatic carbocycles. The van der Waals surface area contributed by atoms with Crippen LogP contribution in [0.2, 0.25) is 0 Å². The lowest BCUT2D eigenvalue weighted by molar-refractivity contribution is -0.0201. The zero-order valence-corrected chi connectivity index (χ0v) is 20.1. The van der Waals surface area contributed by atoms with Crippen LogP contribution in [0.5, 0.6) is 11.5 Å². The summed E-state index contributed by atoms with van der Waals surface area (Å²) in [4.78, 5) is 4.68. The Morgan fingerprint density at radius 2 is 1.26 bits per heavy atom. The van der Waals surface area contributed by atoms with Gasteiger partial charge in [0.25, 0.3) is 0 Å². The van der Waals surface area contributed by atoms with Crippen LogP contribution in [0.4, 0.5) is 11.4 Å². The van der Waals surface area contributed by atoms with E-state index < -0.39 is 11.3 Å². The molecule has 0 radical (unpaired) electrons. The van der Waals surface area contributed by atoms with Gasteiger partial charge in [0, 0.05) is 29.5 Å². The van der Waals surface area contributed by atoms with Gasteiger partial charge in [-0.2, -0.15) is 0 Å². The molecule has 0 spiro atoms. The first-order chi connectivity index (χ1) is 17.2. The highest BCUT2D eigenvalue weighted by atomic mass is 16.5. The summed E-state index contributed by atoms with van der Waals surface area (Å²) < 4.78 is 18.0. The second-order valence-electron chi connectivity index (χ2n) is 8.92. The van der Waals surface area contributed by atoms with E-state index in [9.17, 15) is 0 Å². The van der Waals surface area contributed by atoms with E-state index in [1.165, 1.54) is 5.56 Å². The van der Waals surface area contributed by atoms with Crippen LogP contribution in [0.15, 0.2) is 103 Å². The first-order valence-electron chi connectivity index (χ1n) is 11.8. The number of rotatable bonds is 5. The van der Waals surface area contributed by atoms with Crippen molar-refractivity contribution in [3.63, 3.8) is 0 Å². The van der Waals surface area contributed by atoms with Gasteiger partial charge < -0.3 is 24.0 Å². The van der Waals surface area contributed by atoms with Gasteiger partial charge in [0.15, 0.2) is 0 Å². The van der Waals surface area contributed by atoms with E-state index in [0.29, 0.717) is 6.73 Å². The maximum atomic E-state index is 6.98. The fourth-order valence-electron chi connectivity index (χ4n) is 5.97. The third-order valence-electron chi connectivity index (χ3n) is 7.48. The van der Waals surface area contributed by atoms with Crippen LogP contribution in [0.3, 0.4) is 0 Å². The maximum absolute atomic E-state index is 6.98. The van der Waals surface area contributed by atoms with Crippen molar-refractivity contribution in [2.45, 2.75) is 11.3 Å².